The Kier molecular flexibility index (Phi) is 15.0. The van der Waals surface area contributed by atoms with Gasteiger partial charge in [0.05, 0.1) is 53.9 Å². The molecule has 5 heterocycles. The topological polar surface area (TPSA) is 222 Å². The lowest BCUT2D eigenvalue weighted by molar-refractivity contribution is -0.144. The van der Waals surface area contributed by atoms with Gasteiger partial charge in [0.1, 0.15) is 54.6 Å². The van der Waals surface area contributed by atoms with Gasteiger partial charge in [-0.15, -0.1) is 11.3 Å². The van der Waals surface area contributed by atoms with Crippen molar-refractivity contribution in [3.63, 3.8) is 0 Å². The molecule has 65 heavy (non-hydrogen) atoms. The number of oxazole rings is 1. The van der Waals surface area contributed by atoms with Gasteiger partial charge in [-0.2, -0.15) is 5.10 Å². The van der Waals surface area contributed by atoms with Crippen LogP contribution in [0.25, 0.3) is 33.1 Å². The molecule has 1 aliphatic rings. The molecule has 0 radical (unpaired) electrons. The molecule has 2 aromatic carbocycles. The summed E-state index contributed by atoms with van der Waals surface area (Å²) in [4.78, 5) is 67.6. The summed E-state index contributed by atoms with van der Waals surface area (Å²) in [5.74, 6) is 0.0900. The number of fused-ring (bicyclic) bond motifs is 1. The number of aromatic nitrogens is 5. The highest BCUT2D eigenvalue weighted by Crippen LogP contribution is 2.29. The number of aryl methyl sites for hydroxylation is 2. The standard InChI is InChI=1S/C46H52N8O10S/c1-28-41(65-27-49-28)30-8-6-29(7-9-30)22-48-43(58)37-20-32(55)24-54(37)45(59)42(46(2,3)4)51-39(56)26-61-17-16-60-18-19-62-34-11-10-31(47-23-34)25-63-33-12-14-38-36(21-33)50-44(64-38)35-13-15-40(57)53(5)52-35/h6-15,21,23,27,32,37,42,55H,16-20,22,24-26H2,1-5H3,(H,48,58)(H,51,56)/t32-,37+,42-/m1/s1. The van der Waals surface area contributed by atoms with Crippen LogP contribution in [-0.4, -0.2) is 110 Å². The number of nitrogens with one attached hydrogen (secondary N) is 2. The lowest BCUT2D eigenvalue weighted by Gasteiger charge is -2.35. The number of hydrogen-bond acceptors (Lipinski definition) is 15. The molecule has 1 saturated heterocycles. The number of thiazole rings is 1. The second-order valence-corrected chi connectivity index (χ2v) is 17.4. The number of likely N-dealkylation sites (tertiary alicyclic amines) is 1. The van der Waals surface area contributed by atoms with E-state index in [1.165, 1.54) is 15.6 Å². The summed E-state index contributed by atoms with van der Waals surface area (Å²) in [6.07, 6.45) is 0.805. The molecule has 0 bridgehead atoms. The molecule has 0 unspecified atom stereocenters. The van der Waals surface area contributed by atoms with E-state index in [2.05, 4.69) is 30.7 Å². The minimum absolute atomic E-state index is 0.0246. The van der Waals surface area contributed by atoms with Crippen molar-refractivity contribution in [3.05, 3.63) is 106 Å². The monoisotopic (exact) mass is 908 g/mol. The van der Waals surface area contributed by atoms with Crippen molar-refractivity contribution < 1.29 is 42.9 Å². The zero-order valence-electron chi connectivity index (χ0n) is 36.8. The minimum atomic E-state index is -0.977. The molecule has 0 saturated carbocycles. The van der Waals surface area contributed by atoms with Crippen molar-refractivity contribution >= 4 is 40.2 Å². The van der Waals surface area contributed by atoms with Crippen molar-refractivity contribution in [2.24, 2.45) is 12.5 Å². The minimum Gasteiger partial charge on any atom is -0.490 e. The first-order valence-corrected chi connectivity index (χ1v) is 22.0. The summed E-state index contributed by atoms with van der Waals surface area (Å²) in [7, 11) is 1.56. The van der Waals surface area contributed by atoms with Crippen LogP contribution in [0, 0.1) is 12.3 Å². The number of hydrogen-bond donors (Lipinski definition) is 3. The summed E-state index contributed by atoms with van der Waals surface area (Å²) in [5, 5.41) is 20.4. The predicted molar refractivity (Wildman–Crippen MR) is 240 cm³/mol. The van der Waals surface area contributed by atoms with Crippen LogP contribution < -0.4 is 25.7 Å². The average Bonchev–Trinajstić information content (AvgIpc) is 4.03. The maximum atomic E-state index is 13.9. The largest absolute Gasteiger partial charge is 0.490 e. The van der Waals surface area contributed by atoms with E-state index in [1.807, 2.05) is 57.5 Å². The van der Waals surface area contributed by atoms with Crippen LogP contribution in [0.2, 0.25) is 0 Å². The quantitative estimate of drug-likeness (QED) is 0.0970. The summed E-state index contributed by atoms with van der Waals surface area (Å²) < 4.78 is 29.8. The molecule has 3 N–H and O–H groups in total. The Morgan fingerprint density at radius 1 is 0.954 bits per heavy atom. The van der Waals surface area contributed by atoms with Crippen LogP contribution in [0.4, 0.5) is 0 Å². The van der Waals surface area contributed by atoms with Crippen molar-refractivity contribution in [2.75, 3.05) is 39.6 Å². The van der Waals surface area contributed by atoms with Crippen LogP contribution in [0.1, 0.15) is 44.1 Å². The van der Waals surface area contributed by atoms with Gasteiger partial charge in [-0.3, -0.25) is 24.2 Å². The van der Waals surface area contributed by atoms with Gasteiger partial charge in [-0.1, -0.05) is 45.0 Å². The number of rotatable bonds is 19. The van der Waals surface area contributed by atoms with Crippen LogP contribution >= 0.6 is 11.3 Å². The summed E-state index contributed by atoms with van der Waals surface area (Å²) in [5.41, 5.74) is 6.02. The summed E-state index contributed by atoms with van der Waals surface area (Å²) >= 11 is 1.57. The van der Waals surface area contributed by atoms with E-state index in [-0.39, 0.29) is 70.6 Å². The first-order chi connectivity index (χ1) is 31.2. The van der Waals surface area contributed by atoms with Crippen LogP contribution in [0.5, 0.6) is 11.5 Å². The average molecular weight is 909 g/mol. The Balaban J connectivity index is 0.783. The number of aliphatic hydroxyl groups is 1. The number of carbonyl (C=O) groups is 3. The smallest absolute Gasteiger partial charge is 0.266 e. The Labute approximate surface area is 378 Å². The highest BCUT2D eigenvalue weighted by Gasteiger charge is 2.44. The molecular weight excluding hydrogens is 857 g/mol. The number of β-amino-alcohol motifs (C(OH)–C–C–N with tert-alkyl or cyclic N) is 1. The molecular formula is C46H52N8O10S. The summed E-state index contributed by atoms with van der Waals surface area (Å²) in [6.45, 7) is 8.41. The zero-order chi connectivity index (χ0) is 46.1. The van der Waals surface area contributed by atoms with E-state index in [1.54, 1.807) is 61.0 Å². The molecule has 3 amide bonds. The molecule has 0 aliphatic carbocycles. The number of pyridine rings is 1. The van der Waals surface area contributed by atoms with E-state index < -0.39 is 35.4 Å². The van der Waals surface area contributed by atoms with Gasteiger partial charge in [0.25, 0.3) is 5.56 Å². The maximum absolute atomic E-state index is 13.9. The van der Waals surface area contributed by atoms with Gasteiger partial charge in [0, 0.05) is 38.7 Å². The fourth-order valence-corrected chi connectivity index (χ4v) is 7.86. The van der Waals surface area contributed by atoms with E-state index >= 15 is 0 Å². The highest BCUT2D eigenvalue weighted by atomic mass is 32.1. The Bertz CT molecular complexity index is 2640. The van der Waals surface area contributed by atoms with E-state index in [0.717, 1.165) is 21.7 Å². The van der Waals surface area contributed by atoms with Crippen LogP contribution in [0.15, 0.2) is 87.6 Å². The second kappa shape index (κ2) is 21.0. The third kappa shape index (κ3) is 12.2. The van der Waals surface area contributed by atoms with E-state index in [0.29, 0.717) is 39.9 Å². The fraction of sp³-hybridized carbons (Fsp3) is 0.391. The Morgan fingerprint density at radius 3 is 2.45 bits per heavy atom. The number of amides is 3. The van der Waals surface area contributed by atoms with Crippen LogP contribution in [0.3, 0.4) is 0 Å². The number of nitrogens with zero attached hydrogens (tertiary/aromatic N) is 6. The van der Waals surface area contributed by atoms with Crippen molar-refractivity contribution in [3.8, 4) is 33.5 Å². The lowest BCUT2D eigenvalue weighted by Crippen LogP contribution is -2.58. The molecule has 7 rings (SSSR count). The highest BCUT2D eigenvalue weighted by molar-refractivity contribution is 7.13. The molecule has 3 atom stereocenters. The normalized spacial score (nSPS) is 15.5. The molecule has 6 aromatic rings. The SMILES string of the molecule is Cc1ncsc1-c1ccc(CNC(=O)[C@@H]2C[C@@H](O)CN2C(=O)[C@@H](NC(=O)COCCOCCOc2ccc(COc3ccc4oc(-c5ccc(=O)n(C)n5)nc4c3)nc2)C(C)(C)C)cc1. The first kappa shape index (κ1) is 46.5. The molecule has 19 heteroatoms. The van der Waals surface area contributed by atoms with Gasteiger partial charge in [-0.25, -0.2) is 14.6 Å². The molecule has 4 aromatic heterocycles. The Hall–Kier alpha value is -6.54. The van der Waals surface area contributed by atoms with E-state index in [4.69, 9.17) is 23.4 Å². The molecule has 18 nitrogen and oxygen atoms in total. The molecule has 0 spiro atoms. The van der Waals surface area contributed by atoms with Gasteiger partial charge < -0.3 is 44.0 Å². The number of benzene rings is 2. The fourth-order valence-electron chi connectivity index (χ4n) is 7.05. The molecule has 1 aliphatic heterocycles. The van der Waals surface area contributed by atoms with E-state index in [9.17, 15) is 24.3 Å². The number of carbonyl (C=O) groups excluding carboxylic acids is 3. The van der Waals surface area contributed by atoms with Crippen molar-refractivity contribution in [2.45, 2.75) is 65.5 Å². The van der Waals surface area contributed by atoms with Crippen molar-refractivity contribution in [1.29, 1.82) is 0 Å². The number of aliphatic hydroxyl groups excluding tert-OH is 1. The predicted octanol–water partition coefficient (Wildman–Crippen LogP) is 4.22. The summed E-state index contributed by atoms with van der Waals surface area (Å²) in [6, 6.07) is 17.8. The van der Waals surface area contributed by atoms with Gasteiger partial charge in [0.15, 0.2) is 5.58 Å². The Morgan fingerprint density at radius 2 is 1.72 bits per heavy atom. The van der Waals surface area contributed by atoms with Gasteiger partial charge in [-0.05, 0) is 53.8 Å². The maximum Gasteiger partial charge on any atom is 0.266 e. The zero-order valence-corrected chi connectivity index (χ0v) is 37.6. The first-order valence-electron chi connectivity index (χ1n) is 21.1. The third-order valence-corrected chi connectivity index (χ3v) is 11.5. The second-order valence-electron chi connectivity index (χ2n) is 16.6. The van der Waals surface area contributed by atoms with Gasteiger partial charge in [0.2, 0.25) is 23.6 Å². The molecule has 342 valence electrons. The third-order valence-electron chi connectivity index (χ3n) is 10.5. The lowest BCUT2D eigenvalue weighted by atomic mass is 9.85. The van der Waals surface area contributed by atoms with Crippen molar-refractivity contribution in [1.82, 2.24) is 40.3 Å². The number of ether oxygens (including phenoxy) is 4. The molecule has 1 fully saturated rings. The van der Waals surface area contributed by atoms with Gasteiger partial charge >= 0.3 is 0 Å². The van der Waals surface area contributed by atoms with Crippen LogP contribution in [-0.2, 0) is 44.1 Å².